The Kier molecular flexibility index (Phi) is 10.5. The molecule has 0 heterocycles. The van der Waals surface area contributed by atoms with Crippen molar-refractivity contribution in [3.05, 3.63) is 320 Å². The third kappa shape index (κ3) is 6.93. The fraction of sp³-hybridized carbons (Fsp3) is 0.0137. The first-order chi connectivity index (χ1) is 36.7. The van der Waals surface area contributed by atoms with Crippen molar-refractivity contribution in [2.24, 2.45) is 0 Å². The summed E-state index contributed by atoms with van der Waals surface area (Å²) < 4.78 is 0. The SMILES string of the molecule is c1ccc(-c2ccc(-c3ccccc3N(c3cccc(-c4cccc(-c5ccccc5)c4-c4ccccc4-c4ccccc4)c3)c3ccc4c(c3)C3(c5ccccc5-c5ccccc53)c3ccccc3-4)cc2)cc1. The molecule has 0 bridgehead atoms. The van der Waals surface area contributed by atoms with Crippen LogP contribution in [0.15, 0.2) is 297 Å². The van der Waals surface area contributed by atoms with E-state index in [1.807, 2.05) is 0 Å². The molecule has 0 fully saturated rings. The van der Waals surface area contributed by atoms with Gasteiger partial charge in [0.15, 0.2) is 0 Å². The molecule has 12 aromatic carbocycles. The predicted molar refractivity (Wildman–Crippen MR) is 310 cm³/mol. The molecule has 0 saturated heterocycles. The monoisotopic (exact) mass is 939 g/mol. The highest BCUT2D eigenvalue weighted by Gasteiger charge is 2.51. The van der Waals surface area contributed by atoms with Crippen LogP contribution in [0.4, 0.5) is 17.1 Å². The Labute approximate surface area is 433 Å². The molecule has 0 unspecified atom stereocenters. The van der Waals surface area contributed by atoms with Crippen LogP contribution in [-0.4, -0.2) is 0 Å². The molecule has 0 saturated carbocycles. The molecule has 0 amide bonds. The lowest BCUT2D eigenvalue weighted by atomic mass is 9.70. The van der Waals surface area contributed by atoms with Gasteiger partial charge in [-0.25, -0.2) is 0 Å². The Bertz CT molecular complexity index is 3990. The smallest absolute Gasteiger partial charge is 0.0726 e. The van der Waals surface area contributed by atoms with Gasteiger partial charge in [-0.1, -0.05) is 267 Å². The molecule has 1 spiro atoms. The largest absolute Gasteiger partial charge is 0.310 e. The van der Waals surface area contributed by atoms with Crippen molar-refractivity contribution in [1.29, 1.82) is 0 Å². The molecule has 2 aliphatic rings. The summed E-state index contributed by atoms with van der Waals surface area (Å²) in [6.45, 7) is 0. The first-order valence-electron chi connectivity index (χ1n) is 25.7. The number of para-hydroxylation sites is 1. The lowest BCUT2D eigenvalue weighted by Crippen LogP contribution is -2.26. The average Bonchev–Trinajstić information content (AvgIpc) is 3.97. The predicted octanol–water partition coefficient (Wildman–Crippen LogP) is 19.5. The minimum atomic E-state index is -0.492. The molecular weight excluding hydrogens is 891 g/mol. The quantitative estimate of drug-likeness (QED) is 0.139. The summed E-state index contributed by atoms with van der Waals surface area (Å²) in [6, 6.07) is 110. The van der Waals surface area contributed by atoms with Crippen LogP contribution < -0.4 is 4.90 Å². The second-order valence-electron chi connectivity index (χ2n) is 19.5. The van der Waals surface area contributed by atoms with Crippen LogP contribution in [0.3, 0.4) is 0 Å². The van der Waals surface area contributed by atoms with Crippen molar-refractivity contribution >= 4 is 17.1 Å². The van der Waals surface area contributed by atoms with Crippen LogP contribution in [0.25, 0.3) is 89.0 Å². The summed E-state index contributed by atoms with van der Waals surface area (Å²) in [5.74, 6) is 0. The van der Waals surface area contributed by atoms with Gasteiger partial charge in [-0.15, -0.1) is 0 Å². The van der Waals surface area contributed by atoms with E-state index in [0.717, 1.165) is 33.8 Å². The molecule has 0 atom stereocenters. The zero-order chi connectivity index (χ0) is 49.0. The van der Waals surface area contributed by atoms with Crippen molar-refractivity contribution in [2.45, 2.75) is 5.41 Å². The molecule has 0 radical (unpaired) electrons. The molecule has 0 N–H and O–H groups in total. The van der Waals surface area contributed by atoms with Crippen LogP contribution in [-0.2, 0) is 5.41 Å². The highest BCUT2D eigenvalue weighted by atomic mass is 15.1. The molecule has 14 rings (SSSR count). The highest BCUT2D eigenvalue weighted by Crippen LogP contribution is 2.63. The molecule has 346 valence electrons. The fourth-order valence-corrected chi connectivity index (χ4v) is 12.4. The maximum absolute atomic E-state index is 2.51. The zero-order valence-electron chi connectivity index (χ0n) is 40.7. The van der Waals surface area contributed by atoms with Gasteiger partial charge in [0.1, 0.15) is 0 Å². The van der Waals surface area contributed by atoms with Crippen molar-refractivity contribution in [1.82, 2.24) is 0 Å². The molecule has 1 heteroatoms. The summed E-state index contributed by atoms with van der Waals surface area (Å²) >= 11 is 0. The third-order valence-corrected chi connectivity index (χ3v) is 15.5. The van der Waals surface area contributed by atoms with E-state index in [0.29, 0.717) is 0 Å². The van der Waals surface area contributed by atoms with E-state index in [2.05, 4.69) is 302 Å². The molecule has 12 aromatic rings. The standard InChI is InChI=1S/C73H49N/c1-4-22-50(23-5-1)51-42-44-54(45-43-51)59-31-15-19-41-71(59)74(57-46-47-65-64-34-14-18-40-69(64)73(70(65)49-57)67-38-16-12-32-62(67)63-33-13-17-39-68(63)73)56-29-20-28-55(48-56)61-37-21-36-60(53-26-8-3-9-27-53)72(61)66-35-11-10-30-58(66)52-24-6-2-7-25-52/h1-49H. The Balaban J connectivity index is 1.01. The summed E-state index contributed by atoms with van der Waals surface area (Å²) in [5, 5.41) is 0. The number of rotatable bonds is 9. The maximum atomic E-state index is 2.51. The van der Waals surface area contributed by atoms with E-state index in [1.165, 1.54) is 94.6 Å². The second-order valence-corrected chi connectivity index (χ2v) is 19.5. The van der Waals surface area contributed by atoms with E-state index in [-0.39, 0.29) is 0 Å². The van der Waals surface area contributed by atoms with Gasteiger partial charge in [0.2, 0.25) is 0 Å². The number of hydrogen-bond donors (Lipinski definition) is 0. The lowest BCUT2D eigenvalue weighted by molar-refractivity contribution is 0.793. The Morgan fingerprint density at radius 3 is 1.19 bits per heavy atom. The van der Waals surface area contributed by atoms with Gasteiger partial charge < -0.3 is 4.90 Å². The van der Waals surface area contributed by atoms with Crippen LogP contribution in [0.1, 0.15) is 22.3 Å². The van der Waals surface area contributed by atoms with E-state index in [4.69, 9.17) is 0 Å². The van der Waals surface area contributed by atoms with Gasteiger partial charge in [-0.05, 0) is 136 Å². The Hall–Kier alpha value is -9.56. The summed E-state index contributed by atoms with van der Waals surface area (Å²) in [5.41, 5.74) is 27.4. The average molecular weight is 940 g/mol. The van der Waals surface area contributed by atoms with Gasteiger partial charge in [0.05, 0.1) is 11.1 Å². The molecule has 74 heavy (non-hydrogen) atoms. The number of hydrogen-bond acceptors (Lipinski definition) is 1. The second kappa shape index (κ2) is 17.9. The molecular formula is C73H49N. The summed E-state index contributed by atoms with van der Waals surface area (Å²) in [4.78, 5) is 2.51. The zero-order valence-corrected chi connectivity index (χ0v) is 40.7. The summed E-state index contributed by atoms with van der Waals surface area (Å²) in [6.07, 6.45) is 0. The van der Waals surface area contributed by atoms with Crippen molar-refractivity contribution in [3.8, 4) is 89.0 Å². The van der Waals surface area contributed by atoms with Crippen molar-refractivity contribution < 1.29 is 0 Å². The number of anilines is 3. The number of benzene rings is 12. The van der Waals surface area contributed by atoms with Crippen LogP contribution >= 0.6 is 0 Å². The number of fused-ring (bicyclic) bond motifs is 10. The topological polar surface area (TPSA) is 3.24 Å². The van der Waals surface area contributed by atoms with Gasteiger partial charge in [0.25, 0.3) is 0 Å². The maximum Gasteiger partial charge on any atom is 0.0726 e. The van der Waals surface area contributed by atoms with E-state index >= 15 is 0 Å². The van der Waals surface area contributed by atoms with Crippen LogP contribution in [0.2, 0.25) is 0 Å². The Morgan fingerprint density at radius 1 is 0.203 bits per heavy atom. The van der Waals surface area contributed by atoms with Crippen molar-refractivity contribution in [3.63, 3.8) is 0 Å². The Morgan fingerprint density at radius 2 is 0.581 bits per heavy atom. The molecule has 0 aliphatic heterocycles. The third-order valence-electron chi connectivity index (χ3n) is 15.5. The number of nitrogens with zero attached hydrogens (tertiary/aromatic N) is 1. The molecule has 0 aromatic heterocycles. The first kappa shape index (κ1) is 43.2. The van der Waals surface area contributed by atoms with Crippen molar-refractivity contribution in [2.75, 3.05) is 4.90 Å². The van der Waals surface area contributed by atoms with Gasteiger partial charge in [0, 0.05) is 16.9 Å². The molecule has 2 aliphatic carbocycles. The minimum Gasteiger partial charge on any atom is -0.310 e. The van der Waals surface area contributed by atoms with Gasteiger partial charge in [-0.2, -0.15) is 0 Å². The van der Waals surface area contributed by atoms with Gasteiger partial charge >= 0.3 is 0 Å². The highest BCUT2D eigenvalue weighted by molar-refractivity contribution is 6.01. The lowest BCUT2D eigenvalue weighted by Gasteiger charge is -2.33. The van der Waals surface area contributed by atoms with E-state index in [9.17, 15) is 0 Å². The van der Waals surface area contributed by atoms with Crippen LogP contribution in [0.5, 0.6) is 0 Å². The minimum absolute atomic E-state index is 0.492. The van der Waals surface area contributed by atoms with Crippen LogP contribution in [0, 0.1) is 0 Å². The normalized spacial score (nSPS) is 12.4. The fourth-order valence-electron chi connectivity index (χ4n) is 12.4. The van der Waals surface area contributed by atoms with E-state index in [1.54, 1.807) is 0 Å². The first-order valence-corrected chi connectivity index (χ1v) is 25.7. The van der Waals surface area contributed by atoms with Gasteiger partial charge in [-0.3, -0.25) is 0 Å². The molecule has 1 nitrogen and oxygen atoms in total. The van der Waals surface area contributed by atoms with E-state index < -0.39 is 5.41 Å². The summed E-state index contributed by atoms with van der Waals surface area (Å²) in [7, 11) is 0.